The van der Waals surface area contributed by atoms with Gasteiger partial charge in [0.15, 0.2) is 17.3 Å². The number of phenols is 1. The smallest absolute Gasteiger partial charge is 0.316 e. The molecule has 0 spiro atoms. The molecule has 4 aromatic carbocycles. The first-order chi connectivity index (χ1) is 19.2. The number of para-hydroxylation sites is 1. The van der Waals surface area contributed by atoms with Crippen LogP contribution in [0.5, 0.6) is 17.2 Å². The summed E-state index contributed by atoms with van der Waals surface area (Å²) in [5.41, 5.74) is 2.09. The maximum Gasteiger partial charge on any atom is 0.316 e. The largest absolute Gasteiger partial charge is 0.539 e. The fourth-order valence-electron chi connectivity index (χ4n) is 4.15. The van der Waals surface area contributed by atoms with Crippen molar-refractivity contribution in [2.75, 3.05) is 12.0 Å². The second-order valence-electron chi connectivity index (χ2n) is 10.1. The van der Waals surface area contributed by atoms with Crippen molar-refractivity contribution in [3.63, 3.8) is 0 Å². The van der Waals surface area contributed by atoms with Crippen LogP contribution < -0.4 is 14.1 Å². The Bertz CT molecular complexity index is 1660. The van der Waals surface area contributed by atoms with Gasteiger partial charge in [-0.05, 0) is 28.8 Å². The number of aromatic hydroxyl groups is 1. The topological polar surface area (TPSA) is 67.7 Å². The highest BCUT2D eigenvalue weighted by Gasteiger charge is 2.27. The van der Waals surface area contributed by atoms with Crippen LogP contribution >= 0.6 is 11.6 Å². The van der Waals surface area contributed by atoms with E-state index in [-0.39, 0.29) is 42.8 Å². The molecule has 40 heavy (non-hydrogen) atoms. The van der Waals surface area contributed by atoms with Crippen LogP contribution in [0.15, 0.2) is 85.1 Å². The van der Waals surface area contributed by atoms with Crippen LogP contribution in [0.4, 0.5) is 21.7 Å². The molecule has 0 aliphatic carbocycles. The van der Waals surface area contributed by atoms with E-state index in [0.29, 0.717) is 33.7 Å². The van der Waals surface area contributed by atoms with Crippen molar-refractivity contribution in [1.82, 2.24) is 9.97 Å². The monoisotopic (exact) mass is 571 g/mol. The van der Waals surface area contributed by atoms with Gasteiger partial charge in [-0.2, -0.15) is 0 Å². The zero-order chi connectivity index (χ0) is 28.4. The molecule has 5 aromatic rings. The Morgan fingerprint density at radius 1 is 0.950 bits per heavy atom. The number of benzene rings is 4. The van der Waals surface area contributed by atoms with Crippen LogP contribution in [0.2, 0.25) is 10.1 Å². The minimum Gasteiger partial charge on any atom is -0.539 e. The van der Waals surface area contributed by atoms with Gasteiger partial charge in [0.1, 0.15) is 5.75 Å². The standard InChI is InChI=1S/C31H27ClFN3O3Si/c1-31(2,3)40-39-26-17-23(29(33)27(28(26)32)19-11-7-5-8-12-19)36(21-13-9-6-10-14-21)30-34-18-20-15-25(38-4)24(37)16-22(20)35-30/h5-18,37H,1-4H3. The zero-order valence-electron chi connectivity index (χ0n) is 22.4. The SMILES string of the molecule is COc1cc2cnc(N(c3ccccc3)c3cc(O[Si]C(C)(C)C)c(Cl)c(-c4ccccc4)c3F)nc2cc1O. The molecule has 0 aliphatic rings. The number of halogens is 2. The molecular formula is C31H27ClFN3O3Si. The Balaban J connectivity index is 1.77. The first-order valence-corrected chi connectivity index (χ1v) is 13.9. The molecule has 5 rings (SSSR count). The highest BCUT2D eigenvalue weighted by atomic mass is 35.5. The number of anilines is 3. The molecule has 0 atom stereocenters. The van der Waals surface area contributed by atoms with Gasteiger partial charge < -0.3 is 14.3 Å². The quantitative estimate of drug-likeness (QED) is 0.198. The third-order valence-corrected chi connectivity index (χ3v) is 7.31. The maximum atomic E-state index is 16.7. The fourth-order valence-corrected chi connectivity index (χ4v) is 5.08. The van der Waals surface area contributed by atoms with Gasteiger partial charge in [-0.15, -0.1) is 0 Å². The average molecular weight is 572 g/mol. The summed E-state index contributed by atoms with van der Waals surface area (Å²) in [5.74, 6) is 0.255. The van der Waals surface area contributed by atoms with Gasteiger partial charge in [-0.3, -0.25) is 4.90 Å². The Hall–Kier alpha value is -4.14. The summed E-state index contributed by atoms with van der Waals surface area (Å²) in [6.45, 7) is 6.18. The Morgan fingerprint density at radius 2 is 1.62 bits per heavy atom. The molecule has 0 unspecified atom stereocenters. The van der Waals surface area contributed by atoms with E-state index >= 15 is 4.39 Å². The Labute approximate surface area is 239 Å². The third kappa shape index (κ3) is 5.59. The number of nitrogens with zero attached hydrogens (tertiary/aromatic N) is 3. The first kappa shape index (κ1) is 27.4. The summed E-state index contributed by atoms with van der Waals surface area (Å²) in [6.07, 6.45) is 1.61. The van der Waals surface area contributed by atoms with Gasteiger partial charge in [0.2, 0.25) is 5.95 Å². The summed E-state index contributed by atoms with van der Waals surface area (Å²) < 4.78 is 28.1. The van der Waals surface area contributed by atoms with Crippen molar-refractivity contribution in [3.8, 4) is 28.4 Å². The number of hydrogen-bond acceptors (Lipinski definition) is 6. The van der Waals surface area contributed by atoms with Crippen molar-refractivity contribution in [2.45, 2.75) is 25.8 Å². The van der Waals surface area contributed by atoms with Gasteiger partial charge in [-0.25, -0.2) is 14.4 Å². The zero-order valence-corrected chi connectivity index (χ0v) is 24.2. The third-order valence-electron chi connectivity index (χ3n) is 6.00. The number of hydrogen-bond donors (Lipinski definition) is 1. The molecule has 0 bridgehead atoms. The van der Waals surface area contributed by atoms with Crippen molar-refractivity contribution < 1.29 is 18.7 Å². The summed E-state index contributed by atoms with van der Waals surface area (Å²) >= 11 is 6.82. The van der Waals surface area contributed by atoms with Crippen LogP contribution in [0.1, 0.15) is 20.8 Å². The lowest BCUT2D eigenvalue weighted by Gasteiger charge is -2.27. The summed E-state index contributed by atoms with van der Waals surface area (Å²) in [5, 5.41) is 11.1. The van der Waals surface area contributed by atoms with Gasteiger partial charge >= 0.3 is 9.76 Å². The van der Waals surface area contributed by atoms with Crippen LogP contribution in [-0.2, 0) is 0 Å². The van der Waals surface area contributed by atoms with Crippen LogP contribution in [0, 0.1) is 5.82 Å². The molecule has 6 nitrogen and oxygen atoms in total. The molecular weight excluding hydrogens is 545 g/mol. The number of phenolic OH excluding ortho intramolecular Hbond substituents is 1. The molecule has 1 heterocycles. The average Bonchev–Trinajstić information content (AvgIpc) is 2.94. The lowest BCUT2D eigenvalue weighted by atomic mass is 10.0. The van der Waals surface area contributed by atoms with Crippen molar-refractivity contribution >= 4 is 49.6 Å². The highest BCUT2D eigenvalue weighted by molar-refractivity contribution is 6.37. The second kappa shape index (κ2) is 11.2. The normalized spacial score (nSPS) is 11.4. The molecule has 202 valence electrons. The van der Waals surface area contributed by atoms with Crippen molar-refractivity contribution in [1.29, 1.82) is 0 Å². The van der Waals surface area contributed by atoms with Gasteiger partial charge in [0.25, 0.3) is 0 Å². The highest BCUT2D eigenvalue weighted by Crippen LogP contribution is 2.46. The van der Waals surface area contributed by atoms with Crippen LogP contribution in [-0.4, -0.2) is 31.9 Å². The molecule has 0 amide bonds. The van der Waals surface area contributed by atoms with Gasteiger partial charge in [0.05, 0.1) is 23.3 Å². The number of ether oxygens (including phenoxy) is 1. The van der Waals surface area contributed by atoms with Gasteiger partial charge in [-0.1, -0.05) is 80.9 Å². The van der Waals surface area contributed by atoms with Crippen LogP contribution in [0.25, 0.3) is 22.0 Å². The molecule has 1 aromatic heterocycles. The lowest BCUT2D eigenvalue weighted by Crippen LogP contribution is -2.18. The molecule has 0 aliphatic heterocycles. The van der Waals surface area contributed by atoms with Crippen molar-refractivity contribution in [2.24, 2.45) is 0 Å². The summed E-state index contributed by atoms with van der Waals surface area (Å²) in [4.78, 5) is 10.9. The molecule has 1 N–H and O–H groups in total. The first-order valence-electron chi connectivity index (χ1n) is 12.6. The van der Waals surface area contributed by atoms with Crippen LogP contribution in [0.3, 0.4) is 0 Å². The van der Waals surface area contributed by atoms with E-state index in [1.807, 2.05) is 48.5 Å². The number of rotatable bonds is 7. The minimum absolute atomic E-state index is 0.0613. The van der Waals surface area contributed by atoms with E-state index < -0.39 is 5.82 Å². The van der Waals surface area contributed by atoms with E-state index in [1.54, 1.807) is 35.4 Å². The summed E-state index contributed by atoms with van der Waals surface area (Å²) in [7, 11) is 1.55. The maximum absolute atomic E-state index is 16.7. The second-order valence-corrected chi connectivity index (χ2v) is 12.4. The molecule has 0 saturated heterocycles. The Morgan fingerprint density at radius 3 is 2.27 bits per heavy atom. The molecule has 9 heteroatoms. The van der Waals surface area contributed by atoms with E-state index in [1.165, 1.54) is 13.2 Å². The minimum atomic E-state index is -0.548. The van der Waals surface area contributed by atoms with E-state index in [9.17, 15) is 5.11 Å². The Kier molecular flexibility index (Phi) is 7.65. The fraction of sp³-hybridized carbons (Fsp3) is 0.161. The summed E-state index contributed by atoms with van der Waals surface area (Å²) in [6, 6.07) is 23.1. The van der Waals surface area contributed by atoms with E-state index in [4.69, 9.17) is 25.7 Å². The van der Waals surface area contributed by atoms with Gasteiger partial charge in [0, 0.05) is 35.0 Å². The molecule has 0 fully saturated rings. The predicted octanol–water partition coefficient (Wildman–Crippen LogP) is 8.49. The predicted molar refractivity (Wildman–Crippen MR) is 159 cm³/mol. The van der Waals surface area contributed by atoms with Crippen molar-refractivity contribution in [3.05, 3.63) is 95.9 Å². The number of aromatic nitrogens is 2. The number of methoxy groups -OCH3 is 1. The molecule has 0 saturated carbocycles. The van der Waals surface area contributed by atoms with E-state index in [0.717, 1.165) is 0 Å². The van der Waals surface area contributed by atoms with E-state index in [2.05, 4.69) is 25.8 Å². The lowest BCUT2D eigenvalue weighted by molar-refractivity contribution is 0.374. The molecule has 2 radical (unpaired) electrons. The number of fused-ring (bicyclic) bond motifs is 1.